The molecule has 52 valence electrons. The van der Waals surface area contributed by atoms with Gasteiger partial charge in [-0.2, -0.15) is 0 Å². The standard InChI is InChI=1S/C4H4BClN2O2/c6-3-1-2-7-4(8-3)5(9)10/h1-2,9-10H. The molecule has 0 saturated heterocycles. The smallest absolute Gasteiger partial charge is 0.421 e. The predicted octanol–water partition coefficient (Wildman–Crippen LogP) is -1.19. The highest BCUT2D eigenvalue weighted by Gasteiger charge is 2.13. The first-order chi connectivity index (χ1) is 4.70. The van der Waals surface area contributed by atoms with E-state index in [4.69, 9.17) is 21.6 Å². The van der Waals surface area contributed by atoms with Gasteiger partial charge in [0, 0.05) is 6.20 Å². The maximum absolute atomic E-state index is 8.52. The highest BCUT2D eigenvalue weighted by Crippen LogP contribution is 1.96. The van der Waals surface area contributed by atoms with Crippen LogP contribution in [0.25, 0.3) is 0 Å². The van der Waals surface area contributed by atoms with Crippen molar-refractivity contribution >= 4 is 24.4 Å². The zero-order chi connectivity index (χ0) is 7.56. The first-order valence-corrected chi connectivity index (χ1v) is 2.92. The largest absolute Gasteiger partial charge is 0.528 e. The summed E-state index contributed by atoms with van der Waals surface area (Å²) in [6.07, 6.45) is 1.35. The molecule has 1 heterocycles. The Balaban J connectivity index is 2.96. The molecule has 1 rings (SSSR count). The van der Waals surface area contributed by atoms with Crippen LogP contribution in [-0.4, -0.2) is 27.1 Å². The summed E-state index contributed by atoms with van der Waals surface area (Å²) in [6, 6.07) is 1.45. The molecule has 0 saturated carbocycles. The van der Waals surface area contributed by atoms with Crippen LogP contribution in [0.5, 0.6) is 0 Å². The summed E-state index contributed by atoms with van der Waals surface area (Å²) in [5, 5.41) is 17.2. The Hall–Kier alpha value is -0.645. The van der Waals surface area contributed by atoms with E-state index in [2.05, 4.69) is 9.97 Å². The number of hydrogen-bond acceptors (Lipinski definition) is 4. The number of rotatable bonds is 1. The van der Waals surface area contributed by atoms with Crippen molar-refractivity contribution in [2.24, 2.45) is 0 Å². The fraction of sp³-hybridized carbons (Fsp3) is 0. The third-order valence-corrected chi connectivity index (χ3v) is 1.08. The summed E-state index contributed by atoms with van der Waals surface area (Å²) in [6.45, 7) is 0. The Morgan fingerprint density at radius 2 is 2.20 bits per heavy atom. The molecular formula is C4H4BClN2O2. The van der Waals surface area contributed by atoms with E-state index in [0.29, 0.717) is 0 Å². The van der Waals surface area contributed by atoms with Crippen molar-refractivity contribution in [3.8, 4) is 0 Å². The van der Waals surface area contributed by atoms with Crippen LogP contribution in [0.15, 0.2) is 12.3 Å². The Morgan fingerprint density at radius 3 is 2.60 bits per heavy atom. The van der Waals surface area contributed by atoms with Gasteiger partial charge in [-0.15, -0.1) is 0 Å². The van der Waals surface area contributed by atoms with E-state index in [1.54, 1.807) is 0 Å². The molecule has 1 aromatic rings. The van der Waals surface area contributed by atoms with Crippen LogP contribution in [0.1, 0.15) is 0 Å². The zero-order valence-corrected chi connectivity index (χ0v) is 5.65. The molecule has 0 fully saturated rings. The molecule has 10 heavy (non-hydrogen) atoms. The molecule has 1 aromatic heterocycles. The first kappa shape index (κ1) is 7.46. The summed E-state index contributed by atoms with van der Waals surface area (Å²) < 4.78 is 0. The first-order valence-electron chi connectivity index (χ1n) is 2.55. The van der Waals surface area contributed by atoms with Gasteiger partial charge in [0.15, 0.2) is 5.72 Å². The van der Waals surface area contributed by atoms with Gasteiger partial charge < -0.3 is 10.0 Å². The molecule has 0 aromatic carbocycles. The minimum Gasteiger partial charge on any atom is -0.421 e. The lowest BCUT2D eigenvalue weighted by Gasteiger charge is -1.94. The van der Waals surface area contributed by atoms with Gasteiger partial charge in [-0.1, -0.05) is 11.6 Å². The monoisotopic (exact) mass is 158 g/mol. The molecule has 0 aliphatic carbocycles. The van der Waals surface area contributed by atoms with Crippen LogP contribution in [0.2, 0.25) is 5.15 Å². The van der Waals surface area contributed by atoms with Crippen molar-refractivity contribution in [2.45, 2.75) is 0 Å². The quantitative estimate of drug-likeness (QED) is 0.398. The second-order valence-corrected chi connectivity index (χ2v) is 2.00. The van der Waals surface area contributed by atoms with Crippen LogP contribution in [0, 0.1) is 0 Å². The molecule has 2 N–H and O–H groups in total. The summed E-state index contributed by atoms with van der Waals surface area (Å²) in [4.78, 5) is 7.07. The minimum absolute atomic E-state index is 0.0903. The zero-order valence-electron chi connectivity index (χ0n) is 4.90. The average Bonchev–Trinajstić information content (AvgIpc) is 1.88. The molecule has 0 bridgehead atoms. The van der Waals surface area contributed by atoms with E-state index < -0.39 is 7.12 Å². The van der Waals surface area contributed by atoms with Crippen molar-refractivity contribution < 1.29 is 10.0 Å². The highest BCUT2D eigenvalue weighted by molar-refractivity contribution is 6.56. The Kier molecular flexibility index (Phi) is 2.21. The van der Waals surface area contributed by atoms with Gasteiger partial charge in [-0.3, -0.25) is 0 Å². The number of halogens is 1. The van der Waals surface area contributed by atoms with Gasteiger partial charge in [0.2, 0.25) is 0 Å². The van der Waals surface area contributed by atoms with Gasteiger partial charge in [0.25, 0.3) is 0 Å². The Bertz CT molecular complexity index is 232. The van der Waals surface area contributed by atoms with E-state index in [1.807, 2.05) is 0 Å². The highest BCUT2D eigenvalue weighted by atomic mass is 35.5. The van der Waals surface area contributed by atoms with Gasteiger partial charge in [0.05, 0.1) is 0 Å². The van der Waals surface area contributed by atoms with E-state index >= 15 is 0 Å². The number of nitrogens with zero attached hydrogens (tertiary/aromatic N) is 2. The molecular weight excluding hydrogens is 154 g/mol. The third-order valence-electron chi connectivity index (χ3n) is 0.871. The second-order valence-electron chi connectivity index (χ2n) is 1.61. The predicted molar refractivity (Wildman–Crippen MR) is 36.9 cm³/mol. The lowest BCUT2D eigenvalue weighted by atomic mass is 9.91. The molecule has 0 unspecified atom stereocenters. The van der Waals surface area contributed by atoms with Crippen LogP contribution in [0.4, 0.5) is 0 Å². The molecule has 0 amide bonds. The molecule has 0 atom stereocenters. The SMILES string of the molecule is OB(O)c1nccc(Cl)n1. The molecule has 0 spiro atoms. The van der Waals surface area contributed by atoms with Crippen molar-refractivity contribution in [1.29, 1.82) is 0 Å². The van der Waals surface area contributed by atoms with E-state index in [9.17, 15) is 0 Å². The van der Waals surface area contributed by atoms with Gasteiger partial charge in [-0.05, 0) is 6.07 Å². The molecule has 0 aliphatic heterocycles. The lowest BCUT2D eigenvalue weighted by molar-refractivity contribution is 0.422. The van der Waals surface area contributed by atoms with E-state index in [-0.39, 0.29) is 10.9 Å². The summed E-state index contributed by atoms with van der Waals surface area (Å²) in [5.41, 5.74) is -0.0903. The Labute approximate surface area is 62.7 Å². The summed E-state index contributed by atoms with van der Waals surface area (Å²) in [7, 11) is -1.65. The maximum Gasteiger partial charge on any atom is 0.528 e. The van der Waals surface area contributed by atoms with Gasteiger partial charge >= 0.3 is 7.12 Å². The van der Waals surface area contributed by atoms with Gasteiger partial charge in [-0.25, -0.2) is 9.97 Å². The molecule has 0 radical (unpaired) electrons. The van der Waals surface area contributed by atoms with Crippen molar-refractivity contribution in [1.82, 2.24) is 9.97 Å². The summed E-state index contributed by atoms with van der Waals surface area (Å²) >= 11 is 5.42. The van der Waals surface area contributed by atoms with Crippen molar-refractivity contribution in [3.63, 3.8) is 0 Å². The second kappa shape index (κ2) is 2.96. The lowest BCUT2D eigenvalue weighted by Crippen LogP contribution is -2.35. The van der Waals surface area contributed by atoms with Crippen LogP contribution < -0.4 is 5.72 Å². The Morgan fingerprint density at radius 1 is 1.50 bits per heavy atom. The molecule has 4 nitrogen and oxygen atoms in total. The van der Waals surface area contributed by atoms with Crippen LogP contribution >= 0.6 is 11.6 Å². The van der Waals surface area contributed by atoms with E-state index in [0.717, 1.165) is 0 Å². The fourth-order valence-electron chi connectivity index (χ4n) is 0.475. The van der Waals surface area contributed by atoms with Crippen LogP contribution in [0.3, 0.4) is 0 Å². The normalized spacial score (nSPS) is 9.50. The average molecular weight is 158 g/mol. The third kappa shape index (κ3) is 1.67. The van der Waals surface area contributed by atoms with Crippen molar-refractivity contribution in [2.75, 3.05) is 0 Å². The van der Waals surface area contributed by atoms with Crippen molar-refractivity contribution in [3.05, 3.63) is 17.4 Å². The summed E-state index contributed by atoms with van der Waals surface area (Å²) in [5.74, 6) is 0. The number of aromatic nitrogens is 2. The van der Waals surface area contributed by atoms with E-state index in [1.165, 1.54) is 12.3 Å². The van der Waals surface area contributed by atoms with Gasteiger partial charge in [0.1, 0.15) is 5.15 Å². The molecule has 6 heteroatoms. The number of hydrogen-bond donors (Lipinski definition) is 2. The van der Waals surface area contributed by atoms with Crippen LogP contribution in [-0.2, 0) is 0 Å². The fourth-order valence-corrected chi connectivity index (χ4v) is 0.618. The minimum atomic E-state index is -1.65. The topological polar surface area (TPSA) is 66.2 Å². The molecule has 0 aliphatic rings. The maximum atomic E-state index is 8.52.